The molecular weight excluding hydrogens is 510 g/mol. The van der Waals surface area contributed by atoms with E-state index in [1.54, 1.807) is 18.6 Å². The van der Waals surface area contributed by atoms with Gasteiger partial charge in [-0.15, -0.1) is 0 Å². The lowest BCUT2D eigenvalue weighted by atomic mass is 9.94. The van der Waals surface area contributed by atoms with Crippen molar-refractivity contribution >= 4 is 29.1 Å². The van der Waals surface area contributed by atoms with Crippen molar-refractivity contribution in [3.8, 4) is 5.75 Å². The van der Waals surface area contributed by atoms with Crippen molar-refractivity contribution in [3.63, 3.8) is 0 Å². The van der Waals surface area contributed by atoms with Gasteiger partial charge in [-0.05, 0) is 74.1 Å². The third-order valence-corrected chi connectivity index (χ3v) is 8.20. The quantitative estimate of drug-likeness (QED) is 0.388. The van der Waals surface area contributed by atoms with E-state index >= 15 is 0 Å². The predicted molar refractivity (Wildman–Crippen MR) is 155 cm³/mol. The number of rotatable bonds is 8. The van der Waals surface area contributed by atoms with E-state index in [0.29, 0.717) is 32.8 Å². The molecule has 2 aliphatic heterocycles. The van der Waals surface area contributed by atoms with E-state index in [0.717, 1.165) is 30.6 Å². The molecule has 0 bridgehead atoms. The van der Waals surface area contributed by atoms with Crippen LogP contribution in [0.5, 0.6) is 5.75 Å². The van der Waals surface area contributed by atoms with Crippen LogP contribution in [0, 0.1) is 0 Å². The topological polar surface area (TPSA) is 73.1 Å². The number of allylic oxidation sites excluding steroid dienone is 1. The molecule has 7 nitrogen and oxygen atoms in total. The molecule has 1 fully saturated rings. The van der Waals surface area contributed by atoms with Crippen LogP contribution in [0.4, 0.5) is 5.69 Å². The van der Waals surface area contributed by atoms with Crippen molar-refractivity contribution in [1.29, 1.82) is 0 Å². The molecular formula is C31H35N3O4S. The van der Waals surface area contributed by atoms with Crippen LogP contribution in [-0.4, -0.2) is 37.3 Å². The minimum atomic E-state index is -0.652. The van der Waals surface area contributed by atoms with Crippen LogP contribution >= 0.6 is 11.3 Å². The summed E-state index contributed by atoms with van der Waals surface area (Å²) in [7, 11) is 1.60. The van der Waals surface area contributed by atoms with Gasteiger partial charge in [0.1, 0.15) is 5.75 Å². The van der Waals surface area contributed by atoms with E-state index in [9.17, 15) is 9.59 Å². The molecule has 1 atom stereocenters. The monoisotopic (exact) mass is 545 g/mol. The van der Waals surface area contributed by atoms with Crippen LogP contribution in [0.25, 0.3) is 6.08 Å². The van der Waals surface area contributed by atoms with Crippen LogP contribution in [0.2, 0.25) is 0 Å². The zero-order chi connectivity index (χ0) is 27.4. The van der Waals surface area contributed by atoms with Gasteiger partial charge < -0.3 is 14.4 Å². The highest BCUT2D eigenvalue weighted by Gasteiger charge is 2.34. The number of anilines is 1. The minimum absolute atomic E-state index is 0.177. The van der Waals surface area contributed by atoms with E-state index in [-0.39, 0.29) is 12.2 Å². The molecule has 5 rings (SSSR count). The summed E-state index contributed by atoms with van der Waals surface area (Å²) < 4.78 is 13.2. The van der Waals surface area contributed by atoms with Crippen molar-refractivity contribution < 1.29 is 14.3 Å². The number of carbonyl (C=O) groups excluding carboxylic acids is 1. The van der Waals surface area contributed by atoms with Crippen molar-refractivity contribution in [3.05, 3.63) is 90.6 Å². The largest absolute Gasteiger partial charge is 0.497 e. The normalized spacial score (nSPS) is 17.6. The third-order valence-electron chi connectivity index (χ3n) is 7.21. The number of carbonyl (C=O) groups is 1. The van der Waals surface area contributed by atoms with Crippen molar-refractivity contribution in [2.24, 2.45) is 4.99 Å². The Bertz CT molecular complexity index is 1550. The maximum absolute atomic E-state index is 13.9. The summed E-state index contributed by atoms with van der Waals surface area (Å²) >= 11 is 1.35. The lowest BCUT2D eigenvalue weighted by molar-refractivity contribution is -0.139. The zero-order valence-electron chi connectivity index (χ0n) is 22.8. The average Bonchev–Trinajstić information content (AvgIpc) is 3.27. The second-order valence-corrected chi connectivity index (χ2v) is 10.8. The van der Waals surface area contributed by atoms with Gasteiger partial charge in [0.2, 0.25) is 0 Å². The number of ether oxygens (including phenoxy) is 2. The van der Waals surface area contributed by atoms with E-state index < -0.39 is 12.0 Å². The van der Waals surface area contributed by atoms with Gasteiger partial charge in [-0.3, -0.25) is 9.36 Å². The lowest BCUT2D eigenvalue weighted by Gasteiger charge is -2.28. The molecule has 204 valence electrons. The Morgan fingerprint density at radius 3 is 2.56 bits per heavy atom. The number of fused-ring (bicyclic) bond motifs is 1. The SMILES string of the molecule is CCCC1=C(C(=O)OCC)[C@H](c2cccc(OC)c2)n2c(s/c(=C/c3ccc(N4CCCCC4)cc3)c2=O)=N1. The number of esters is 1. The summed E-state index contributed by atoms with van der Waals surface area (Å²) in [5.74, 6) is 0.209. The maximum atomic E-state index is 13.9. The maximum Gasteiger partial charge on any atom is 0.338 e. The van der Waals surface area contributed by atoms with E-state index in [2.05, 4.69) is 36.1 Å². The Hall–Kier alpha value is -3.65. The Balaban J connectivity index is 1.63. The van der Waals surface area contributed by atoms with Gasteiger partial charge in [0, 0.05) is 18.8 Å². The first-order valence-corrected chi connectivity index (χ1v) is 14.6. The molecule has 39 heavy (non-hydrogen) atoms. The molecule has 3 heterocycles. The van der Waals surface area contributed by atoms with Gasteiger partial charge >= 0.3 is 5.97 Å². The molecule has 2 aromatic carbocycles. The van der Waals surface area contributed by atoms with Gasteiger partial charge in [-0.25, -0.2) is 9.79 Å². The van der Waals surface area contributed by atoms with Crippen molar-refractivity contribution in [2.45, 2.75) is 52.0 Å². The average molecular weight is 546 g/mol. The number of hydrogen-bond donors (Lipinski definition) is 0. The number of hydrogen-bond acceptors (Lipinski definition) is 7. The molecule has 0 radical (unpaired) electrons. The fourth-order valence-corrected chi connectivity index (χ4v) is 6.35. The van der Waals surface area contributed by atoms with Crippen LogP contribution in [0.3, 0.4) is 0 Å². The summed E-state index contributed by atoms with van der Waals surface area (Å²) in [6, 6.07) is 15.2. The number of benzene rings is 2. The molecule has 0 spiro atoms. The standard InChI is InChI=1S/C31H35N3O4S/c1-4-10-25-27(30(36)38-5-2)28(22-11-9-12-24(20-22)37-3)34-29(35)26(39-31(34)32-25)19-21-13-15-23(16-14-21)33-17-7-6-8-18-33/h9,11-16,19-20,28H,4-8,10,17-18H2,1-3H3/b26-19+/t28-/m0/s1. The Labute approximate surface area is 232 Å². The summed E-state index contributed by atoms with van der Waals surface area (Å²) in [6.07, 6.45) is 7.09. The van der Waals surface area contributed by atoms with Crippen LogP contribution in [0.15, 0.2) is 69.6 Å². The fraction of sp³-hybridized carbons (Fsp3) is 0.387. The Morgan fingerprint density at radius 2 is 1.87 bits per heavy atom. The third kappa shape index (κ3) is 5.57. The van der Waals surface area contributed by atoms with E-state index in [4.69, 9.17) is 14.5 Å². The molecule has 0 aliphatic carbocycles. The van der Waals surface area contributed by atoms with Gasteiger partial charge in [0.05, 0.1) is 35.6 Å². The van der Waals surface area contributed by atoms with Gasteiger partial charge in [-0.1, -0.05) is 48.9 Å². The van der Waals surface area contributed by atoms with Gasteiger partial charge in [-0.2, -0.15) is 0 Å². The summed E-state index contributed by atoms with van der Waals surface area (Å²) in [5, 5.41) is 0. The number of thiazole rings is 1. The minimum Gasteiger partial charge on any atom is -0.497 e. The first-order valence-electron chi connectivity index (χ1n) is 13.7. The highest BCUT2D eigenvalue weighted by molar-refractivity contribution is 7.07. The molecule has 0 amide bonds. The molecule has 0 saturated carbocycles. The van der Waals surface area contributed by atoms with Gasteiger partial charge in [0.15, 0.2) is 4.80 Å². The lowest BCUT2D eigenvalue weighted by Crippen LogP contribution is -2.40. The van der Waals surface area contributed by atoms with E-state index in [1.165, 1.54) is 36.3 Å². The summed E-state index contributed by atoms with van der Waals surface area (Å²) in [4.78, 5) is 35.1. The highest BCUT2D eigenvalue weighted by atomic mass is 32.1. The Morgan fingerprint density at radius 1 is 1.10 bits per heavy atom. The molecule has 0 N–H and O–H groups in total. The number of piperidine rings is 1. The first-order chi connectivity index (χ1) is 19.0. The summed E-state index contributed by atoms with van der Waals surface area (Å²) in [6.45, 7) is 6.25. The number of aromatic nitrogens is 1. The first kappa shape index (κ1) is 26.9. The Kier molecular flexibility index (Phi) is 8.31. The van der Waals surface area contributed by atoms with E-state index in [1.807, 2.05) is 30.3 Å². The van der Waals surface area contributed by atoms with Crippen molar-refractivity contribution in [2.75, 3.05) is 31.7 Å². The number of nitrogens with zero attached hydrogens (tertiary/aromatic N) is 3. The number of methoxy groups -OCH3 is 1. The second kappa shape index (κ2) is 12.0. The summed E-state index contributed by atoms with van der Waals surface area (Å²) in [5.41, 5.74) is 3.86. The highest BCUT2D eigenvalue weighted by Crippen LogP contribution is 2.34. The molecule has 0 unspecified atom stereocenters. The molecule has 3 aromatic rings. The molecule has 1 aromatic heterocycles. The predicted octanol–water partition coefficient (Wildman–Crippen LogP) is 4.58. The molecule has 8 heteroatoms. The molecule has 2 aliphatic rings. The van der Waals surface area contributed by atoms with Crippen LogP contribution in [-0.2, 0) is 9.53 Å². The van der Waals surface area contributed by atoms with Crippen LogP contribution in [0.1, 0.15) is 63.1 Å². The van der Waals surface area contributed by atoms with Crippen molar-refractivity contribution in [1.82, 2.24) is 4.57 Å². The van der Waals surface area contributed by atoms with Gasteiger partial charge in [0.25, 0.3) is 5.56 Å². The fourth-order valence-electron chi connectivity index (χ4n) is 5.33. The molecule has 1 saturated heterocycles. The smallest absolute Gasteiger partial charge is 0.338 e. The zero-order valence-corrected chi connectivity index (χ0v) is 23.6. The van der Waals surface area contributed by atoms with Crippen LogP contribution < -0.4 is 24.5 Å². The second-order valence-electron chi connectivity index (χ2n) is 9.83.